The van der Waals surface area contributed by atoms with Gasteiger partial charge in [0.1, 0.15) is 11.5 Å². The van der Waals surface area contributed by atoms with Gasteiger partial charge in [0.2, 0.25) is 0 Å². The van der Waals surface area contributed by atoms with Crippen molar-refractivity contribution in [3.63, 3.8) is 0 Å². The molecule has 8 nitrogen and oxygen atoms in total. The fourth-order valence-electron chi connectivity index (χ4n) is 2.74. The number of non-ortho nitro benzene ring substituents is 1. The molecule has 0 spiro atoms. The quantitative estimate of drug-likeness (QED) is 0.349. The Morgan fingerprint density at radius 1 is 1.10 bits per heavy atom. The summed E-state index contributed by atoms with van der Waals surface area (Å²) in [6, 6.07) is 13.2. The molecule has 0 aliphatic rings. The predicted octanol–water partition coefficient (Wildman–Crippen LogP) is 4.61. The summed E-state index contributed by atoms with van der Waals surface area (Å²) in [4.78, 5) is 22.9. The van der Waals surface area contributed by atoms with Crippen LogP contribution in [0.3, 0.4) is 0 Å². The Balaban J connectivity index is 1.71. The van der Waals surface area contributed by atoms with Crippen LogP contribution in [0.25, 0.3) is 11.3 Å². The lowest BCUT2D eigenvalue weighted by atomic mass is 10.1. The summed E-state index contributed by atoms with van der Waals surface area (Å²) < 4.78 is 10.8. The number of benzene rings is 2. The molecule has 154 valence electrons. The number of ether oxygens (including phenoxy) is 1. The average Bonchev–Trinajstić information content (AvgIpc) is 3.20. The summed E-state index contributed by atoms with van der Waals surface area (Å²) in [5, 5.41) is 16.2. The van der Waals surface area contributed by atoms with E-state index >= 15 is 0 Å². The summed E-state index contributed by atoms with van der Waals surface area (Å²) in [5.74, 6) is 0.431. The molecule has 1 amide bonds. The highest BCUT2D eigenvalue weighted by atomic mass is 32.1. The number of nitro groups is 1. The molecule has 9 heteroatoms. The Kier molecular flexibility index (Phi) is 6.12. The fourth-order valence-corrected chi connectivity index (χ4v) is 2.94. The minimum atomic E-state index is -0.549. The first-order valence-corrected chi connectivity index (χ1v) is 9.31. The second-order valence-electron chi connectivity index (χ2n) is 6.51. The van der Waals surface area contributed by atoms with Crippen LogP contribution in [0.2, 0.25) is 0 Å². The monoisotopic (exact) mass is 425 g/mol. The molecule has 2 aromatic carbocycles. The molecule has 3 aromatic rings. The Morgan fingerprint density at radius 3 is 2.53 bits per heavy atom. The third-order valence-corrected chi connectivity index (χ3v) is 4.69. The topological polar surface area (TPSA) is 107 Å². The number of carbonyl (C=O) groups excluding carboxylic acids is 1. The van der Waals surface area contributed by atoms with Crippen molar-refractivity contribution in [2.75, 3.05) is 12.4 Å². The Morgan fingerprint density at radius 2 is 1.87 bits per heavy atom. The lowest BCUT2D eigenvalue weighted by Crippen LogP contribution is -2.34. The number of nitrogens with one attached hydrogen (secondary N) is 2. The Hall–Kier alpha value is -3.72. The van der Waals surface area contributed by atoms with Crippen LogP contribution in [-0.2, 0) is 0 Å². The van der Waals surface area contributed by atoms with E-state index in [0.29, 0.717) is 11.5 Å². The van der Waals surface area contributed by atoms with Crippen molar-refractivity contribution < 1.29 is 18.9 Å². The van der Waals surface area contributed by atoms with E-state index in [1.807, 2.05) is 32.0 Å². The van der Waals surface area contributed by atoms with Gasteiger partial charge in [-0.25, -0.2) is 0 Å². The molecular formula is C21H19N3O5S. The lowest BCUT2D eigenvalue weighted by molar-refractivity contribution is -0.384. The standard InChI is InChI=1S/C21H19N3O5S/c1-12-4-5-14(10-13(12)2)17-8-9-19(29-17)20(25)23-21(30)22-16-11-15(24(26)27)6-7-18(16)28-3/h4-11H,1-3H3,(H2,22,23,25,30). The zero-order valence-corrected chi connectivity index (χ0v) is 17.3. The fraction of sp³-hybridized carbons (Fsp3) is 0.143. The van der Waals surface area contributed by atoms with E-state index < -0.39 is 10.8 Å². The minimum Gasteiger partial charge on any atom is -0.495 e. The molecular weight excluding hydrogens is 406 g/mol. The summed E-state index contributed by atoms with van der Waals surface area (Å²) in [6.07, 6.45) is 0. The molecule has 30 heavy (non-hydrogen) atoms. The Labute approximate surface area is 178 Å². The summed E-state index contributed by atoms with van der Waals surface area (Å²) in [5.41, 5.74) is 3.25. The van der Waals surface area contributed by atoms with Gasteiger partial charge < -0.3 is 14.5 Å². The third kappa shape index (κ3) is 4.64. The van der Waals surface area contributed by atoms with Crippen molar-refractivity contribution in [2.24, 2.45) is 0 Å². The number of anilines is 1. The van der Waals surface area contributed by atoms with Crippen LogP contribution < -0.4 is 15.4 Å². The summed E-state index contributed by atoms with van der Waals surface area (Å²) in [7, 11) is 1.42. The Bertz CT molecular complexity index is 1140. The first-order valence-electron chi connectivity index (χ1n) is 8.90. The molecule has 0 saturated heterocycles. The number of thiocarbonyl (C=S) groups is 1. The van der Waals surface area contributed by atoms with E-state index in [9.17, 15) is 14.9 Å². The van der Waals surface area contributed by atoms with Gasteiger partial charge in [-0.1, -0.05) is 12.1 Å². The number of nitrogens with zero attached hydrogens (tertiary/aromatic N) is 1. The zero-order chi connectivity index (χ0) is 21.8. The molecule has 0 atom stereocenters. The number of furan rings is 1. The second kappa shape index (κ2) is 8.75. The van der Waals surface area contributed by atoms with Gasteiger partial charge in [0, 0.05) is 17.7 Å². The van der Waals surface area contributed by atoms with Crippen molar-refractivity contribution in [1.82, 2.24) is 5.32 Å². The van der Waals surface area contributed by atoms with Crippen molar-refractivity contribution in [2.45, 2.75) is 13.8 Å². The first kappa shape index (κ1) is 21.0. The molecule has 0 radical (unpaired) electrons. The molecule has 1 heterocycles. The highest BCUT2D eigenvalue weighted by Gasteiger charge is 2.16. The first-order chi connectivity index (χ1) is 14.3. The van der Waals surface area contributed by atoms with E-state index in [2.05, 4.69) is 10.6 Å². The largest absolute Gasteiger partial charge is 0.495 e. The van der Waals surface area contributed by atoms with E-state index in [-0.39, 0.29) is 22.2 Å². The van der Waals surface area contributed by atoms with Gasteiger partial charge in [0.25, 0.3) is 11.6 Å². The average molecular weight is 425 g/mol. The molecule has 1 aromatic heterocycles. The van der Waals surface area contributed by atoms with Crippen LogP contribution >= 0.6 is 12.2 Å². The van der Waals surface area contributed by atoms with Crippen LogP contribution in [0.15, 0.2) is 52.9 Å². The van der Waals surface area contributed by atoms with E-state index in [1.54, 1.807) is 12.1 Å². The van der Waals surface area contributed by atoms with Gasteiger partial charge in [-0.15, -0.1) is 0 Å². The van der Waals surface area contributed by atoms with Crippen LogP contribution in [0.5, 0.6) is 5.75 Å². The van der Waals surface area contributed by atoms with Gasteiger partial charge >= 0.3 is 0 Å². The second-order valence-corrected chi connectivity index (χ2v) is 6.92. The molecule has 3 rings (SSSR count). The number of hydrogen-bond acceptors (Lipinski definition) is 6. The molecule has 0 fully saturated rings. The van der Waals surface area contributed by atoms with Gasteiger partial charge in [-0.2, -0.15) is 0 Å². The highest BCUT2D eigenvalue weighted by molar-refractivity contribution is 7.80. The number of hydrogen-bond donors (Lipinski definition) is 2. The van der Waals surface area contributed by atoms with Gasteiger partial charge in [-0.05, 0) is 61.5 Å². The molecule has 0 unspecified atom stereocenters. The van der Waals surface area contributed by atoms with Crippen molar-refractivity contribution in [3.05, 3.63) is 75.5 Å². The smallest absolute Gasteiger partial charge is 0.293 e. The highest BCUT2D eigenvalue weighted by Crippen LogP contribution is 2.29. The maximum Gasteiger partial charge on any atom is 0.293 e. The number of rotatable bonds is 5. The van der Waals surface area contributed by atoms with Crippen molar-refractivity contribution >= 4 is 34.6 Å². The molecule has 0 bridgehead atoms. The summed E-state index contributed by atoms with van der Waals surface area (Å²) >= 11 is 5.15. The number of methoxy groups -OCH3 is 1. The minimum absolute atomic E-state index is 0.0528. The van der Waals surface area contributed by atoms with Gasteiger partial charge in [0.05, 0.1) is 17.7 Å². The number of nitro benzene ring substituents is 1. The zero-order valence-electron chi connectivity index (χ0n) is 16.5. The maximum absolute atomic E-state index is 12.5. The lowest BCUT2D eigenvalue weighted by Gasteiger charge is -2.12. The van der Waals surface area contributed by atoms with Gasteiger partial charge in [-0.3, -0.25) is 20.2 Å². The van der Waals surface area contributed by atoms with E-state index in [1.165, 1.54) is 25.3 Å². The maximum atomic E-state index is 12.5. The molecule has 0 aliphatic carbocycles. The SMILES string of the molecule is COc1ccc([N+](=O)[O-])cc1NC(=S)NC(=O)c1ccc(-c2ccc(C)c(C)c2)o1. The van der Waals surface area contributed by atoms with E-state index in [4.69, 9.17) is 21.4 Å². The van der Waals surface area contributed by atoms with Crippen LogP contribution in [0, 0.1) is 24.0 Å². The van der Waals surface area contributed by atoms with Crippen molar-refractivity contribution in [1.29, 1.82) is 0 Å². The van der Waals surface area contributed by atoms with Crippen LogP contribution in [0.4, 0.5) is 11.4 Å². The third-order valence-electron chi connectivity index (χ3n) is 4.49. The van der Waals surface area contributed by atoms with Crippen molar-refractivity contribution in [3.8, 4) is 17.1 Å². The molecule has 2 N–H and O–H groups in total. The molecule has 0 aliphatic heterocycles. The summed E-state index contributed by atoms with van der Waals surface area (Å²) in [6.45, 7) is 4.02. The number of carbonyl (C=O) groups is 1. The van der Waals surface area contributed by atoms with E-state index in [0.717, 1.165) is 16.7 Å². The van der Waals surface area contributed by atoms with Gasteiger partial charge in [0.15, 0.2) is 10.9 Å². The number of amides is 1. The normalized spacial score (nSPS) is 10.4. The van der Waals surface area contributed by atoms with Crippen LogP contribution in [-0.4, -0.2) is 23.1 Å². The van der Waals surface area contributed by atoms with Crippen LogP contribution in [0.1, 0.15) is 21.7 Å². The molecule has 0 saturated carbocycles. The predicted molar refractivity (Wildman–Crippen MR) is 117 cm³/mol. The number of aryl methyl sites for hydroxylation is 2.